The molecule has 1 fully saturated rings. The number of likely N-dealkylation sites (N-methyl/N-ethyl adjacent to an activating group) is 1. The summed E-state index contributed by atoms with van der Waals surface area (Å²) in [6, 6.07) is 19.2. The third kappa shape index (κ3) is 11.3. The van der Waals surface area contributed by atoms with Gasteiger partial charge in [-0.3, -0.25) is 9.67 Å². The molecule has 1 aliphatic heterocycles. The number of aromatic nitrogens is 4. The average molecular weight is 809 g/mol. The number of rotatable bonds is 19. The van der Waals surface area contributed by atoms with E-state index in [0.29, 0.717) is 41.0 Å². The molecule has 0 aliphatic carbocycles. The lowest BCUT2D eigenvalue weighted by Gasteiger charge is -2.32. The zero-order valence-electron chi connectivity index (χ0n) is 32.7. The minimum Gasteiger partial charge on any atom is -0.488 e. The predicted octanol–water partition coefficient (Wildman–Crippen LogP) is 6.44. The number of benzene rings is 3. The van der Waals surface area contributed by atoms with Crippen molar-refractivity contribution in [2.45, 2.75) is 59.2 Å². The fourth-order valence-electron chi connectivity index (χ4n) is 6.69. The summed E-state index contributed by atoms with van der Waals surface area (Å²) < 4.78 is 20.8. The van der Waals surface area contributed by atoms with Crippen molar-refractivity contribution in [2.75, 3.05) is 45.5 Å². The van der Waals surface area contributed by atoms with Gasteiger partial charge < -0.3 is 34.1 Å². The number of aryl methyl sites for hydroxylation is 1. The van der Waals surface area contributed by atoms with Crippen molar-refractivity contribution in [2.24, 2.45) is 0 Å². The lowest BCUT2D eigenvalue weighted by atomic mass is 9.93. The number of piperazine rings is 1. The van der Waals surface area contributed by atoms with Crippen LogP contribution < -0.4 is 19.5 Å². The first kappa shape index (κ1) is 41.7. The second kappa shape index (κ2) is 20.5. The molecule has 0 saturated carbocycles. The van der Waals surface area contributed by atoms with Gasteiger partial charge in [-0.15, -0.1) is 5.10 Å². The number of nitrogens with one attached hydrogen (secondary N) is 1. The molecule has 1 unspecified atom stereocenters. The zero-order chi connectivity index (χ0) is 40.1. The van der Waals surface area contributed by atoms with Crippen LogP contribution in [0, 0.1) is 25.2 Å². The molecule has 3 aromatic carbocycles. The maximum atomic E-state index is 11.4. The average Bonchev–Trinajstić information content (AvgIpc) is 3.69. The second-order valence-electron chi connectivity index (χ2n) is 14.2. The molecule has 0 bridgehead atoms. The van der Waals surface area contributed by atoms with Gasteiger partial charge >= 0.3 is 0 Å². The van der Waals surface area contributed by atoms with Gasteiger partial charge in [0.1, 0.15) is 55.1 Å². The summed E-state index contributed by atoms with van der Waals surface area (Å²) in [4.78, 5) is 20.5. The molecule has 3 heterocycles. The summed E-state index contributed by atoms with van der Waals surface area (Å²) in [5.74, 6) is 2.10. The van der Waals surface area contributed by atoms with E-state index in [9.17, 15) is 10.1 Å². The van der Waals surface area contributed by atoms with Crippen LogP contribution in [-0.4, -0.2) is 87.6 Å². The van der Waals surface area contributed by atoms with Gasteiger partial charge in [0.15, 0.2) is 0 Å². The monoisotopic (exact) mass is 808 g/mol. The fourth-order valence-corrected chi connectivity index (χ4v) is 7.14. The van der Waals surface area contributed by atoms with Gasteiger partial charge in [0, 0.05) is 81.2 Å². The molecule has 0 amide bonds. The number of pyridine rings is 1. The number of hydrogen-bond donors (Lipinski definition) is 2. The molecular formula is C43H49ClN8O4S. The minimum absolute atomic E-state index is 0.168. The van der Waals surface area contributed by atoms with E-state index in [1.165, 1.54) is 6.20 Å². The Bertz CT molecular complexity index is 2170. The van der Waals surface area contributed by atoms with Gasteiger partial charge in [-0.25, -0.2) is 0 Å². The van der Waals surface area contributed by atoms with Crippen LogP contribution >= 0.6 is 24.2 Å². The summed E-state index contributed by atoms with van der Waals surface area (Å²) in [6.45, 7) is 11.6. The smallest absolute Gasteiger partial charge is 0.142 e. The number of hydrogen-bond acceptors (Lipinski definition) is 12. The number of carbonyl (C=O) groups is 1. The molecule has 0 spiro atoms. The highest BCUT2D eigenvalue weighted by atomic mass is 35.5. The first-order valence-corrected chi connectivity index (χ1v) is 20.1. The topological polar surface area (TPSA) is 131 Å². The van der Waals surface area contributed by atoms with Crippen molar-refractivity contribution >= 4 is 30.5 Å². The van der Waals surface area contributed by atoms with Crippen LogP contribution in [0.3, 0.4) is 0 Å². The van der Waals surface area contributed by atoms with Crippen molar-refractivity contribution in [3.8, 4) is 34.4 Å². The molecule has 2 aromatic heterocycles. The SMILES string of the molecule is Cc1c(COc2cc(OCc3cncc(C#N)c3)c(CNC(C=O)CS)cc2Cl)cccc1-c1cccc(OCc2cn(CCCN3CCN(C)CC3)nn2)c1C. The summed E-state index contributed by atoms with van der Waals surface area (Å²) in [7, 11) is 2.18. The van der Waals surface area contributed by atoms with Crippen LogP contribution in [0.25, 0.3) is 11.1 Å². The fraction of sp³-hybridized carbons (Fsp3) is 0.372. The van der Waals surface area contributed by atoms with E-state index in [1.807, 2.05) is 35.1 Å². The summed E-state index contributed by atoms with van der Waals surface area (Å²) >= 11 is 11.0. The maximum absolute atomic E-state index is 11.4. The van der Waals surface area contributed by atoms with E-state index in [4.69, 9.17) is 25.8 Å². The highest BCUT2D eigenvalue weighted by Crippen LogP contribution is 2.36. The van der Waals surface area contributed by atoms with Crippen molar-refractivity contribution in [3.05, 3.63) is 117 Å². The molecule has 14 heteroatoms. The van der Waals surface area contributed by atoms with E-state index in [-0.39, 0.29) is 13.2 Å². The van der Waals surface area contributed by atoms with Crippen LogP contribution in [0.1, 0.15) is 45.5 Å². The lowest BCUT2D eigenvalue weighted by molar-refractivity contribution is -0.109. The number of halogens is 1. The van der Waals surface area contributed by atoms with Crippen molar-refractivity contribution in [3.63, 3.8) is 0 Å². The number of nitriles is 1. The van der Waals surface area contributed by atoms with E-state index < -0.39 is 6.04 Å². The third-order valence-electron chi connectivity index (χ3n) is 10.2. The van der Waals surface area contributed by atoms with Crippen LogP contribution in [0.5, 0.6) is 17.2 Å². The van der Waals surface area contributed by atoms with Crippen LogP contribution in [0.2, 0.25) is 5.02 Å². The Balaban J connectivity index is 1.11. The Morgan fingerprint density at radius 1 is 0.912 bits per heavy atom. The maximum Gasteiger partial charge on any atom is 0.142 e. The summed E-state index contributed by atoms with van der Waals surface area (Å²) in [5, 5.41) is 21.6. The van der Waals surface area contributed by atoms with Crippen LogP contribution in [0.4, 0.5) is 0 Å². The molecule has 12 nitrogen and oxygen atoms in total. The number of carbonyl (C=O) groups excluding carboxylic acids is 1. The predicted molar refractivity (Wildman–Crippen MR) is 224 cm³/mol. The number of ether oxygens (including phenoxy) is 3. The Labute approximate surface area is 345 Å². The molecule has 1 atom stereocenters. The van der Waals surface area contributed by atoms with Gasteiger partial charge in [-0.1, -0.05) is 47.1 Å². The third-order valence-corrected chi connectivity index (χ3v) is 10.9. The Kier molecular flexibility index (Phi) is 14.9. The van der Waals surface area contributed by atoms with Gasteiger partial charge in [0.25, 0.3) is 0 Å². The molecular weight excluding hydrogens is 760 g/mol. The Morgan fingerprint density at radius 3 is 2.44 bits per heavy atom. The van der Waals surface area contributed by atoms with E-state index in [0.717, 1.165) is 102 Å². The van der Waals surface area contributed by atoms with Gasteiger partial charge in [-0.2, -0.15) is 17.9 Å². The van der Waals surface area contributed by atoms with E-state index >= 15 is 0 Å². The van der Waals surface area contributed by atoms with Gasteiger partial charge in [-0.05, 0) is 73.3 Å². The number of nitrogens with zero attached hydrogens (tertiary/aromatic N) is 7. The van der Waals surface area contributed by atoms with E-state index in [1.54, 1.807) is 24.4 Å². The quantitative estimate of drug-likeness (QED) is 0.0706. The summed E-state index contributed by atoms with van der Waals surface area (Å²) in [5.41, 5.74) is 7.93. The largest absolute Gasteiger partial charge is 0.488 e. The minimum atomic E-state index is -0.437. The first-order chi connectivity index (χ1) is 27.7. The highest BCUT2D eigenvalue weighted by molar-refractivity contribution is 7.80. The lowest BCUT2D eigenvalue weighted by Crippen LogP contribution is -2.44. The molecule has 1 aliphatic rings. The molecule has 6 rings (SSSR count). The van der Waals surface area contributed by atoms with Crippen molar-refractivity contribution in [1.29, 1.82) is 5.26 Å². The number of thiol groups is 1. The zero-order valence-corrected chi connectivity index (χ0v) is 34.3. The molecule has 1 N–H and O–H groups in total. The Morgan fingerprint density at radius 2 is 1.67 bits per heavy atom. The Hall–Kier alpha value is -4.97. The van der Waals surface area contributed by atoms with E-state index in [2.05, 4.69) is 82.1 Å². The standard InChI is InChI=1S/C43H49ClN8O4S/c1-30-34(27-55-43-19-42(54-26-33-17-32(20-45)21-46-22-33)35(18-40(43)44)23-47-37(25-53)29-57)7-4-8-38(30)39-9-5-10-41(31(39)2)56-28-36-24-52(49-48-36)12-6-11-51-15-13-50(3)14-16-51/h4-5,7-10,17-19,21-22,24-25,37,47,57H,6,11-16,23,26-29H2,1-3H3. The molecule has 298 valence electrons. The molecule has 57 heavy (non-hydrogen) atoms. The first-order valence-electron chi connectivity index (χ1n) is 19.1. The molecule has 1 saturated heterocycles. The van der Waals surface area contributed by atoms with Crippen LogP contribution in [0.15, 0.2) is 73.2 Å². The van der Waals surface area contributed by atoms with Crippen LogP contribution in [-0.2, 0) is 37.7 Å². The number of aldehydes is 1. The van der Waals surface area contributed by atoms with Crippen molar-refractivity contribution in [1.82, 2.24) is 35.1 Å². The normalized spacial score (nSPS) is 13.9. The molecule has 5 aromatic rings. The van der Waals surface area contributed by atoms with Gasteiger partial charge in [0.05, 0.1) is 22.8 Å². The van der Waals surface area contributed by atoms with Gasteiger partial charge in [0.2, 0.25) is 0 Å². The van der Waals surface area contributed by atoms with Crippen molar-refractivity contribution < 1.29 is 19.0 Å². The highest BCUT2D eigenvalue weighted by Gasteiger charge is 2.17. The summed E-state index contributed by atoms with van der Waals surface area (Å²) in [6.07, 6.45) is 6.97. The second-order valence-corrected chi connectivity index (χ2v) is 15.0. The molecule has 0 radical (unpaired) electrons.